The van der Waals surface area contributed by atoms with Gasteiger partial charge in [-0.1, -0.05) is 176 Å². The van der Waals surface area contributed by atoms with Crippen molar-refractivity contribution < 1.29 is 4.42 Å². The molecule has 0 radical (unpaired) electrons. The molecule has 0 amide bonds. The fraction of sp³-hybridized carbons (Fsp3) is 0.0192. The third kappa shape index (κ3) is 4.96. The predicted octanol–water partition coefficient (Wildman–Crippen LogP) is 12.8. The quantitative estimate of drug-likeness (QED) is 0.172. The lowest BCUT2D eigenvalue weighted by Crippen LogP contribution is -2.28. The second-order valence-electron chi connectivity index (χ2n) is 14.3. The van der Waals surface area contributed by atoms with Crippen LogP contribution in [0.4, 0.5) is 0 Å². The molecule has 2 aromatic heterocycles. The molecule has 0 bridgehead atoms. The van der Waals surface area contributed by atoms with Crippen LogP contribution in [0.15, 0.2) is 205 Å². The van der Waals surface area contributed by atoms with Crippen LogP contribution in [0.3, 0.4) is 0 Å². The zero-order chi connectivity index (χ0) is 37.1. The van der Waals surface area contributed by atoms with Crippen LogP contribution < -0.4 is 0 Å². The molecule has 4 heteroatoms. The highest BCUT2D eigenvalue weighted by atomic mass is 16.3. The van der Waals surface area contributed by atoms with E-state index in [2.05, 4.69) is 146 Å². The van der Waals surface area contributed by atoms with Gasteiger partial charge < -0.3 is 4.42 Å². The summed E-state index contributed by atoms with van der Waals surface area (Å²) < 4.78 is 6.27. The van der Waals surface area contributed by atoms with Crippen LogP contribution in [0, 0.1) is 0 Å². The fourth-order valence-electron chi connectivity index (χ4n) is 8.78. The Labute approximate surface area is 324 Å². The molecule has 0 N–H and O–H groups in total. The molecule has 0 atom stereocenters. The number of hydrogen-bond acceptors (Lipinski definition) is 4. The van der Waals surface area contributed by atoms with Crippen LogP contribution in [0.1, 0.15) is 22.3 Å². The van der Waals surface area contributed by atoms with Crippen molar-refractivity contribution in [1.82, 2.24) is 15.0 Å². The molecule has 0 saturated carbocycles. The molecule has 4 nitrogen and oxygen atoms in total. The Morgan fingerprint density at radius 1 is 0.339 bits per heavy atom. The Morgan fingerprint density at radius 3 is 1.61 bits per heavy atom. The Balaban J connectivity index is 1.09. The summed E-state index contributed by atoms with van der Waals surface area (Å²) >= 11 is 0. The minimum Gasteiger partial charge on any atom is -0.456 e. The summed E-state index contributed by atoms with van der Waals surface area (Å²) in [6, 6.07) is 70.6. The van der Waals surface area contributed by atoms with Crippen LogP contribution in [0.5, 0.6) is 0 Å². The lowest BCUT2D eigenvalue weighted by Gasteiger charge is -2.34. The van der Waals surface area contributed by atoms with Gasteiger partial charge in [-0.05, 0) is 68.8 Å². The number of hydrogen-bond donors (Lipinski definition) is 0. The van der Waals surface area contributed by atoms with Gasteiger partial charge in [0, 0.05) is 27.5 Å². The molecule has 10 aromatic rings. The van der Waals surface area contributed by atoms with E-state index in [-0.39, 0.29) is 0 Å². The summed E-state index contributed by atoms with van der Waals surface area (Å²) in [7, 11) is 0. The maximum atomic E-state index is 6.27. The number of para-hydroxylation sites is 1. The molecule has 1 aliphatic rings. The highest BCUT2D eigenvalue weighted by Gasteiger charge is 2.46. The smallest absolute Gasteiger partial charge is 0.164 e. The summed E-state index contributed by atoms with van der Waals surface area (Å²) in [5.41, 5.74) is 13.7. The standard InChI is InChI=1S/C52H33N3O/c1-4-16-34(17-5-1)49-53-50(55-51(54-49)37-30-31-42-41-24-11-13-29-46(41)56-47(42)33-37)36-19-14-18-35(32-36)40-26-15-28-45-48(40)43-25-10-12-27-44(43)52(45,38-20-6-2-7-21-38)39-22-8-3-9-23-39/h1-33H. The van der Waals surface area contributed by atoms with E-state index in [0.717, 1.165) is 44.2 Å². The summed E-state index contributed by atoms with van der Waals surface area (Å²) in [5.74, 6) is 1.81. The van der Waals surface area contributed by atoms with Crippen molar-refractivity contribution >= 4 is 21.9 Å². The maximum Gasteiger partial charge on any atom is 0.164 e. The molecule has 8 aromatic carbocycles. The first-order chi connectivity index (χ1) is 27.8. The number of fused-ring (bicyclic) bond motifs is 6. The van der Waals surface area contributed by atoms with Gasteiger partial charge in [-0.25, -0.2) is 15.0 Å². The number of furan rings is 1. The van der Waals surface area contributed by atoms with Gasteiger partial charge in [0.15, 0.2) is 17.5 Å². The van der Waals surface area contributed by atoms with Gasteiger partial charge in [-0.15, -0.1) is 0 Å². The Bertz CT molecular complexity index is 3040. The summed E-state index contributed by atoms with van der Waals surface area (Å²) in [4.78, 5) is 15.3. The molecule has 0 fully saturated rings. The van der Waals surface area contributed by atoms with Crippen molar-refractivity contribution in [3.8, 4) is 56.4 Å². The summed E-state index contributed by atoms with van der Waals surface area (Å²) in [6.07, 6.45) is 0. The minimum atomic E-state index is -0.475. The highest BCUT2D eigenvalue weighted by molar-refractivity contribution is 6.05. The van der Waals surface area contributed by atoms with Crippen LogP contribution in [-0.2, 0) is 5.41 Å². The molecule has 1 aliphatic carbocycles. The summed E-state index contributed by atoms with van der Waals surface area (Å²) in [6.45, 7) is 0. The molecule has 56 heavy (non-hydrogen) atoms. The van der Waals surface area contributed by atoms with Crippen molar-refractivity contribution in [3.63, 3.8) is 0 Å². The van der Waals surface area contributed by atoms with E-state index in [1.54, 1.807) is 0 Å². The van der Waals surface area contributed by atoms with E-state index in [9.17, 15) is 0 Å². The second-order valence-corrected chi connectivity index (χ2v) is 14.3. The van der Waals surface area contributed by atoms with Gasteiger partial charge in [0.1, 0.15) is 11.2 Å². The first kappa shape index (κ1) is 32.0. The molecule has 0 unspecified atom stereocenters. The number of nitrogens with zero attached hydrogens (tertiary/aromatic N) is 3. The molecule has 262 valence electrons. The topological polar surface area (TPSA) is 51.8 Å². The molecule has 2 heterocycles. The first-order valence-electron chi connectivity index (χ1n) is 18.9. The average Bonchev–Trinajstić information content (AvgIpc) is 3.81. The van der Waals surface area contributed by atoms with Crippen LogP contribution >= 0.6 is 0 Å². The molecule has 0 saturated heterocycles. The zero-order valence-corrected chi connectivity index (χ0v) is 30.3. The van der Waals surface area contributed by atoms with Gasteiger partial charge in [0.2, 0.25) is 0 Å². The average molecular weight is 716 g/mol. The summed E-state index contributed by atoms with van der Waals surface area (Å²) in [5, 5.41) is 2.15. The number of benzene rings is 8. The van der Waals surface area contributed by atoms with E-state index in [1.807, 2.05) is 54.6 Å². The van der Waals surface area contributed by atoms with Crippen LogP contribution in [-0.4, -0.2) is 15.0 Å². The molecular formula is C52H33N3O. The predicted molar refractivity (Wildman–Crippen MR) is 226 cm³/mol. The number of aromatic nitrogens is 3. The van der Waals surface area contributed by atoms with E-state index in [1.165, 1.54) is 38.9 Å². The van der Waals surface area contributed by atoms with Gasteiger partial charge in [-0.2, -0.15) is 0 Å². The minimum absolute atomic E-state index is 0.475. The van der Waals surface area contributed by atoms with E-state index >= 15 is 0 Å². The van der Waals surface area contributed by atoms with Gasteiger partial charge in [0.05, 0.1) is 5.41 Å². The SMILES string of the molecule is c1ccc(-c2nc(-c3cccc(-c4cccc5c4-c4ccccc4C5(c4ccccc4)c4ccccc4)c3)nc(-c3ccc4c(c3)oc3ccccc34)n2)cc1. The van der Waals surface area contributed by atoms with Gasteiger partial charge in [0.25, 0.3) is 0 Å². The Morgan fingerprint density at radius 2 is 0.857 bits per heavy atom. The Hall–Kier alpha value is -7.43. The molecule has 11 rings (SSSR count). The molecule has 0 aliphatic heterocycles. The lowest BCUT2D eigenvalue weighted by molar-refractivity contribution is 0.669. The number of rotatable bonds is 6. The zero-order valence-electron chi connectivity index (χ0n) is 30.3. The van der Waals surface area contributed by atoms with E-state index in [0.29, 0.717) is 17.5 Å². The molecular weight excluding hydrogens is 683 g/mol. The van der Waals surface area contributed by atoms with Crippen molar-refractivity contribution in [2.24, 2.45) is 0 Å². The van der Waals surface area contributed by atoms with Crippen LogP contribution in [0.2, 0.25) is 0 Å². The fourth-order valence-corrected chi connectivity index (χ4v) is 8.78. The monoisotopic (exact) mass is 715 g/mol. The van der Waals surface area contributed by atoms with Crippen LogP contribution in [0.25, 0.3) is 78.4 Å². The first-order valence-corrected chi connectivity index (χ1v) is 18.9. The maximum absolute atomic E-state index is 6.27. The third-order valence-electron chi connectivity index (χ3n) is 11.2. The molecule has 0 spiro atoms. The second kappa shape index (κ2) is 12.9. The highest BCUT2D eigenvalue weighted by Crippen LogP contribution is 2.58. The Kier molecular flexibility index (Phi) is 7.36. The van der Waals surface area contributed by atoms with E-state index in [4.69, 9.17) is 19.4 Å². The van der Waals surface area contributed by atoms with Crippen molar-refractivity contribution in [1.29, 1.82) is 0 Å². The lowest BCUT2D eigenvalue weighted by atomic mass is 9.67. The largest absolute Gasteiger partial charge is 0.456 e. The van der Waals surface area contributed by atoms with Crippen molar-refractivity contribution in [2.45, 2.75) is 5.41 Å². The van der Waals surface area contributed by atoms with Gasteiger partial charge >= 0.3 is 0 Å². The van der Waals surface area contributed by atoms with E-state index < -0.39 is 5.41 Å². The normalized spacial score (nSPS) is 12.8. The van der Waals surface area contributed by atoms with Gasteiger partial charge in [-0.3, -0.25) is 0 Å². The third-order valence-corrected chi connectivity index (χ3v) is 11.2. The van der Waals surface area contributed by atoms with Crippen molar-refractivity contribution in [3.05, 3.63) is 222 Å². The van der Waals surface area contributed by atoms with Crippen molar-refractivity contribution in [2.75, 3.05) is 0 Å².